The lowest BCUT2D eigenvalue weighted by molar-refractivity contribution is -0.142. The number of amides is 2. The summed E-state index contributed by atoms with van der Waals surface area (Å²) in [5, 5.41) is 11.8. The Kier molecular flexibility index (Phi) is 4.41. The van der Waals surface area contributed by atoms with Gasteiger partial charge in [-0.05, 0) is 12.8 Å². The van der Waals surface area contributed by atoms with Gasteiger partial charge in [0.25, 0.3) is 0 Å². The Morgan fingerprint density at radius 2 is 1.78 bits per heavy atom. The van der Waals surface area contributed by atoms with Gasteiger partial charge in [0.2, 0.25) is 0 Å². The van der Waals surface area contributed by atoms with Crippen LogP contribution in [0.4, 0.5) is 4.79 Å². The molecule has 2 saturated heterocycles. The van der Waals surface area contributed by atoms with Crippen molar-refractivity contribution in [2.24, 2.45) is 5.92 Å². The van der Waals surface area contributed by atoms with Gasteiger partial charge < -0.3 is 20.1 Å². The molecular weight excluding hydrogens is 236 g/mol. The second kappa shape index (κ2) is 6.04. The summed E-state index contributed by atoms with van der Waals surface area (Å²) in [6.45, 7) is 1.99. The summed E-state index contributed by atoms with van der Waals surface area (Å²) < 4.78 is 5.13. The second-order valence-corrected chi connectivity index (χ2v) is 4.94. The maximum atomic E-state index is 12.0. The predicted octanol–water partition coefficient (Wildman–Crippen LogP) is 0.672. The van der Waals surface area contributed by atoms with Crippen molar-refractivity contribution in [3.8, 4) is 0 Å². The third-order valence-corrected chi connectivity index (χ3v) is 3.60. The van der Waals surface area contributed by atoms with E-state index in [1.165, 1.54) is 0 Å². The SMILES string of the molecule is O=C(O)C1COCC1NC(=O)N1CCCCCC1. The smallest absolute Gasteiger partial charge is 0.317 e. The number of nitrogens with one attached hydrogen (secondary N) is 1. The lowest BCUT2D eigenvalue weighted by atomic mass is 10.0. The average Bonchev–Trinajstić information content (AvgIpc) is 2.63. The van der Waals surface area contributed by atoms with Crippen LogP contribution in [0.25, 0.3) is 0 Å². The summed E-state index contributed by atoms with van der Waals surface area (Å²) in [5.74, 6) is -1.53. The zero-order valence-electron chi connectivity index (χ0n) is 10.4. The number of carboxylic acids is 1. The van der Waals surface area contributed by atoms with Crippen molar-refractivity contribution in [1.29, 1.82) is 0 Å². The van der Waals surface area contributed by atoms with Crippen LogP contribution in [0.2, 0.25) is 0 Å². The molecule has 102 valence electrons. The van der Waals surface area contributed by atoms with Crippen molar-refractivity contribution >= 4 is 12.0 Å². The molecular formula is C12H20N2O4. The van der Waals surface area contributed by atoms with Crippen molar-refractivity contribution in [1.82, 2.24) is 10.2 Å². The number of hydrogen-bond acceptors (Lipinski definition) is 3. The summed E-state index contributed by atoms with van der Waals surface area (Å²) in [6.07, 6.45) is 4.37. The van der Waals surface area contributed by atoms with Gasteiger partial charge in [0.15, 0.2) is 0 Å². The lowest BCUT2D eigenvalue weighted by Gasteiger charge is -2.24. The Balaban J connectivity index is 1.87. The van der Waals surface area contributed by atoms with E-state index < -0.39 is 17.9 Å². The zero-order valence-corrected chi connectivity index (χ0v) is 10.4. The molecule has 0 aliphatic carbocycles. The molecule has 6 nitrogen and oxygen atoms in total. The van der Waals surface area contributed by atoms with E-state index in [0.717, 1.165) is 38.8 Å². The van der Waals surface area contributed by atoms with E-state index in [1.54, 1.807) is 4.90 Å². The fourth-order valence-corrected chi connectivity index (χ4v) is 2.46. The van der Waals surface area contributed by atoms with Crippen LogP contribution in [-0.2, 0) is 9.53 Å². The molecule has 2 heterocycles. The number of likely N-dealkylation sites (tertiary alicyclic amines) is 1. The van der Waals surface area contributed by atoms with E-state index in [4.69, 9.17) is 9.84 Å². The highest BCUT2D eigenvalue weighted by molar-refractivity contribution is 5.77. The van der Waals surface area contributed by atoms with Crippen LogP contribution >= 0.6 is 0 Å². The number of carboxylic acid groups (broad SMARTS) is 1. The second-order valence-electron chi connectivity index (χ2n) is 4.94. The van der Waals surface area contributed by atoms with Crippen LogP contribution in [0.1, 0.15) is 25.7 Å². The Morgan fingerprint density at radius 1 is 1.11 bits per heavy atom. The molecule has 0 spiro atoms. The molecule has 0 aromatic rings. The molecule has 18 heavy (non-hydrogen) atoms. The van der Waals surface area contributed by atoms with Crippen molar-refractivity contribution in [2.45, 2.75) is 31.7 Å². The lowest BCUT2D eigenvalue weighted by Crippen LogP contribution is -2.49. The Labute approximate surface area is 106 Å². The highest BCUT2D eigenvalue weighted by Crippen LogP contribution is 2.15. The topological polar surface area (TPSA) is 78.9 Å². The summed E-state index contributed by atoms with van der Waals surface area (Å²) >= 11 is 0. The molecule has 0 bridgehead atoms. The fraction of sp³-hybridized carbons (Fsp3) is 0.833. The highest BCUT2D eigenvalue weighted by atomic mass is 16.5. The van der Waals surface area contributed by atoms with Crippen LogP contribution in [-0.4, -0.2) is 54.4 Å². The number of hydrogen-bond donors (Lipinski definition) is 2. The predicted molar refractivity (Wildman–Crippen MR) is 64.3 cm³/mol. The van der Waals surface area contributed by atoms with E-state index >= 15 is 0 Å². The van der Waals surface area contributed by atoms with E-state index in [1.807, 2.05) is 0 Å². The minimum absolute atomic E-state index is 0.154. The fourth-order valence-electron chi connectivity index (χ4n) is 2.46. The van der Waals surface area contributed by atoms with Gasteiger partial charge in [-0.25, -0.2) is 4.79 Å². The van der Waals surface area contributed by atoms with E-state index in [2.05, 4.69) is 5.32 Å². The third kappa shape index (κ3) is 3.13. The van der Waals surface area contributed by atoms with Gasteiger partial charge in [-0.1, -0.05) is 12.8 Å². The summed E-state index contributed by atoms with van der Waals surface area (Å²) in [4.78, 5) is 24.8. The first-order chi connectivity index (χ1) is 8.68. The van der Waals surface area contributed by atoms with E-state index in [9.17, 15) is 9.59 Å². The quantitative estimate of drug-likeness (QED) is 0.761. The molecule has 0 aromatic heterocycles. The first-order valence-electron chi connectivity index (χ1n) is 6.54. The van der Waals surface area contributed by atoms with Crippen molar-refractivity contribution in [2.75, 3.05) is 26.3 Å². The summed E-state index contributed by atoms with van der Waals surface area (Å²) in [7, 11) is 0. The maximum absolute atomic E-state index is 12.0. The van der Waals surface area contributed by atoms with Gasteiger partial charge in [0.1, 0.15) is 5.92 Å². The number of carbonyl (C=O) groups is 2. The molecule has 2 aliphatic heterocycles. The summed E-state index contributed by atoms with van der Waals surface area (Å²) in [5.41, 5.74) is 0. The molecule has 2 rings (SSSR count). The van der Waals surface area contributed by atoms with Crippen molar-refractivity contribution in [3.63, 3.8) is 0 Å². The van der Waals surface area contributed by atoms with Crippen LogP contribution in [0.15, 0.2) is 0 Å². The Morgan fingerprint density at radius 3 is 2.39 bits per heavy atom. The zero-order chi connectivity index (χ0) is 13.0. The average molecular weight is 256 g/mol. The number of carbonyl (C=O) groups excluding carboxylic acids is 1. The first-order valence-corrected chi connectivity index (χ1v) is 6.54. The molecule has 2 aliphatic rings. The van der Waals surface area contributed by atoms with Gasteiger partial charge >= 0.3 is 12.0 Å². The number of ether oxygens (including phenoxy) is 1. The van der Waals surface area contributed by atoms with E-state index in [-0.39, 0.29) is 19.2 Å². The van der Waals surface area contributed by atoms with Gasteiger partial charge in [-0.15, -0.1) is 0 Å². The first kappa shape index (κ1) is 13.1. The maximum Gasteiger partial charge on any atom is 0.317 e. The van der Waals surface area contributed by atoms with E-state index in [0.29, 0.717) is 0 Å². The molecule has 2 N–H and O–H groups in total. The Hall–Kier alpha value is -1.30. The molecule has 6 heteroatoms. The minimum Gasteiger partial charge on any atom is -0.481 e. The van der Waals surface area contributed by atoms with Crippen LogP contribution in [0, 0.1) is 5.92 Å². The highest BCUT2D eigenvalue weighted by Gasteiger charge is 2.35. The summed E-state index contributed by atoms with van der Waals surface area (Å²) in [6, 6.07) is -0.558. The van der Waals surface area contributed by atoms with Crippen LogP contribution in [0.3, 0.4) is 0 Å². The standard InChI is InChI=1S/C12H20N2O4/c15-11(16)9-7-18-8-10(9)13-12(17)14-5-3-1-2-4-6-14/h9-10H,1-8H2,(H,13,17)(H,15,16). The van der Waals surface area contributed by atoms with Crippen molar-refractivity contribution < 1.29 is 19.4 Å². The molecule has 2 fully saturated rings. The normalized spacial score (nSPS) is 28.8. The molecule has 2 atom stereocenters. The largest absolute Gasteiger partial charge is 0.481 e. The monoisotopic (exact) mass is 256 g/mol. The number of nitrogens with zero attached hydrogens (tertiary/aromatic N) is 1. The van der Waals surface area contributed by atoms with Gasteiger partial charge in [0.05, 0.1) is 19.3 Å². The molecule has 0 saturated carbocycles. The number of urea groups is 1. The van der Waals surface area contributed by atoms with Gasteiger partial charge in [0, 0.05) is 13.1 Å². The molecule has 0 aromatic carbocycles. The van der Waals surface area contributed by atoms with Gasteiger partial charge in [-0.2, -0.15) is 0 Å². The van der Waals surface area contributed by atoms with Crippen molar-refractivity contribution in [3.05, 3.63) is 0 Å². The number of rotatable bonds is 2. The minimum atomic E-state index is -0.909. The number of aliphatic carboxylic acids is 1. The Bertz CT molecular complexity index is 313. The van der Waals surface area contributed by atoms with Crippen LogP contribution in [0.5, 0.6) is 0 Å². The molecule has 2 unspecified atom stereocenters. The van der Waals surface area contributed by atoms with Gasteiger partial charge in [-0.3, -0.25) is 4.79 Å². The molecule has 0 radical (unpaired) electrons. The molecule has 2 amide bonds. The third-order valence-electron chi connectivity index (χ3n) is 3.60. The van der Waals surface area contributed by atoms with Crippen LogP contribution < -0.4 is 5.32 Å².